The van der Waals surface area contributed by atoms with Crippen LogP contribution in [0.3, 0.4) is 0 Å². The Kier molecular flexibility index (Phi) is 5.69. The number of aromatic nitrogens is 2. The number of nitrogen functional groups attached to an aromatic ring is 1. The lowest BCUT2D eigenvalue weighted by Gasteiger charge is -2.20. The van der Waals surface area contributed by atoms with Gasteiger partial charge in [-0.3, -0.25) is 9.09 Å². The molecule has 1 unspecified atom stereocenters. The molecule has 2 rings (SSSR count). The van der Waals surface area contributed by atoms with Crippen molar-refractivity contribution in [3.63, 3.8) is 0 Å². The van der Waals surface area contributed by atoms with Crippen molar-refractivity contribution < 1.29 is 47.0 Å². The molecule has 1 saturated heterocycles. The molecule has 17 heteroatoms. The molecule has 0 aliphatic carbocycles. The third-order valence-corrected chi connectivity index (χ3v) is 5.71. The Labute approximate surface area is 143 Å². The van der Waals surface area contributed by atoms with Gasteiger partial charge in [0.15, 0.2) is 6.10 Å². The Morgan fingerprint density at radius 2 is 2.04 bits per heavy atom. The normalized spacial score (nSPS) is 28.0. The summed E-state index contributed by atoms with van der Waals surface area (Å²) in [5.41, 5.74) is 4.05. The number of aliphatic hydroxyl groups is 1. The Morgan fingerprint density at radius 1 is 1.42 bits per heavy atom. The van der Waals surface area contributed by atoms with Crippen LogP contribution in [0.2, 0.25) is 0 Å². The standard InChI is InChI=1S/C9H14F2N4O9P2/c10-9(11)6(16)4(3-23-26(21,22)14-25(18,19)20)24-7(9)15-2-1-5(12)13-8(15)17/h1-2,4,6-7,16H,3H2,(H2,12,13,17)(H4,14,18,19,20,21,22)/t4-,6-,7-/m1/s1. The quantitative estimate of drug-likeness (QED) is 0.290. The van der Waals surface area contributed by atoms with E-state index >= 15 is 0 Å². The lowest BCUT2D eigenvalue weighted by atomic mass is 10.1. The molecule has 148 valence electrons. The molecule has 0 amide bonds. The third kappa shape index (κ3) is 4.71. The van der Waals surface area contributed by atoms with Gasteiger partial charge in [0.05, 0.1) is 6.61 Å². The SMILES string of the molecule is Nc1ccn([C@@H]2O[C@H](COP(=O)(O)NP(=O)(O)O)[C@@H](O)C2(F)F)c(=O)n1. The molecule has 13 nitrogen and oxygen atoms in total. The van der Waals surface area contributed by atoms with Gasteiger partial charge >= 0.3 is 27.1 Å². The maximum atomic E-state index is 14.2. The third-order valence-electron chi connectivity index (χ3n) is 3.15. The van der Waals surface area contributed by atoms with Crippen LogP contribution in [0.5, 0.6) is 0 Å². The van der Waals surface area contributed by atoms with Crippen molar-refractivity contribution in [1.29, 1.82) is 0 Å². The van der Waals surface area contributed by atoms with Gasteiger partial charge in [-0.25, -0.2) is 13.9 Å². The van der Waals surface area contributed by atoms with Crippen LogP contribution in [0.1, 0.15) is 6.23 Å². The predicted octanol–water partition coefficient (Wildman–Crippen LogP) is -1.48. The molecule has 0 bridgehead atoms. The van der Waals surface area contributed by atoms with Gasteiger partial charge in [-0.05, 0) is 6.07 Å². The number of halogens is 2. The summed E-state index contributed by atoms with van der Waals surface area (Å²) in [7, 11) is -10.3. The molecule has 0 spiro atoms. The number of alkyl halides is 2. The van der Waals surface area contributed by atoms with Crippen LogP contribution in [-0.4, -0.2) is 54.1 Å². The van der Waals surface area contributed by atoms with Gasteiger partial charge in [0.1, 0.15) is 11.9 Å². The van der Waals surface area contributed by atoms with Gasteiger partial charge in [-0.1, -0.05) is 0 Å². The van der Waals surface area contributed by atoms with E-state index in [9.17, 15) is 32.7 Å². The van der Waals surface area contributed by atoms with Crippen LogP contribution in [-0.2, 0) is 18.4 Å². The van der Waals surface area contributed by atoms with E-state index in [2.05, 4.69) is 9.51 Å². The maximum absolute atomic E-state index is 14.2. The lowest BCUT2D eigenvalue weighted by molar-refractivity contribution is -0.140. The number of hydrogen-bond donors (Lipinski definition) is 6. The number of nitrogens with one attached hydrogen (secondary N) is 1. The molecule has 4 atom stereocenters. The van der Waals surface area contributed by atoms with E-state index in [1.165, 1.54) is 0 Å². The van der Waals surface area contributed by atoms with Crippen molar-refractivity contribution in [2.45, 2.75) is 24.4 Å². The Hall–Kier alpha value is -1.28. The second-order valence-electron chi connectivity index (χ2n) is 5.15. The average molecular weight is 422 g/mol. The Bertz CT molecular complexity index is 830. The molecular formula is C9H14F2N4O9P2. The largest absolute Gasteiger partial charge is 0.412 e. The molecule has 0 saturated carbocycles. The van der Waals surface area contributed by atoms with E-state index in [0.717, 1.165) is 17.1 Å². The van der Waals surface area contributed by atoms with Crippen LogP contribution < -0.4 is 16.3 Å². The van der Waals surface area contributed by atoms with Crippen molar-refractivity contribution >= 4 is 21.3 Å². The molecule has 7 N–H and O–H groups in total. The number of ether oxygens (including phenoxy) is 1. The molecule has 2 heterocycles. The maximum Gasteiger partial charge on any atom is 0.412 e. The number of aliphatic hydroxyl groups excluding tert-OH is 1. The van der Waals surface area contributed by atoms with E-state index in [-0.39, 0.29) is 5.82 Å². The second-order valence-corrected chi connectivity index (χ2v) is 8.34. The predicted molar refractivity (Wildman–Crippen MR) is 78.7 cm³/mol. The molecule has 26 heavy (non-hydrogen) atoms. The molecule has 1 aromatic rings. The van der Waals surface area contributed by atoms with Crippen LogP contribution in [0.15, 0.2) is 17.1 Å². The van der Waals surface area contributed by atoms with Crippen LogP contribution in [0.25, 0.3) is 0 Å². The fraction of sp³-hybridized carbons (Fsp3) is 0.556. The van der Waals surface area contributed by atoms with Crippen molar-refractivity contribution in [2.75, 3.05) is 12.3 Å². The summed E-state index contributed by atoms with van der Waals surface area (Å²) in [4.78, 5) is 42.2. The number of rotatable bonds is 6. The second kappa shape index (κ2) is 7.03. The monoisotopic (exact) mass is 422 g/mol. The summed E-state index contributed by atoms with van der Waals surface area (Å²) in [6.45, 7) is -1.15. The molecule has 1 fully saturated rings. The molecule has 0 aromatic carbocycles. The first-order valence-corrected chi connectivity index (χ1v) is 9.80. The van der Waals surface area contributed by atoms with E-state index in [0.29, 0.717) is 4.57 Å². The zero-order valence-electron chi connectivity index (χ0n) is 12.5. The summed E-state index contributed by atoms with van der Waals surface area (Å²) in [6.07, 6.45) is -5.93. The minimum Gasteiger partial charge on any atom is -0.384 e. The minimum absolute atomic E-state index is 0.238. The molecule has 1 aromatic heterocycles. The van der Waals surface area contributed by atoms with Gasteiger partial charge in [0, 0.05) is 6.20 Å². The van der Waals surface area contributed by atoms with E-state index < -0.39 is 52.1 Å². The summed E-state index contributed by atoms with van der Waals surface area (Å²) < 4.78 is 59.9. The first-order chi connectivity index (χ1) is 11.7. The van der Waals surface area contributed by atoms with Crippen LogP contribution >= 0.6 is 15.5 Å². The zero-order valence-corrected chi connectivity index (χ0v) is 14.3. The summed E-state index contributed by atoms with van der Waals surface area (Å²) in [5, 5.41) is 9.66. The molecule has 0 radical (unpaired) electrons. The highest BCUT2D eigenvalue weighted by Gasteiger charge is 2.60. The van der Waals surface area contributed by atoms with Gasteiger partial charge < -0.3 is 30.3 Å². The average Bonchev–Trinajstić information content (AvgIpc) is 2.66. The Morgan fingerprint density at radius 3 is 2.58 bits per heavy atom. The van der Waals surface area contributed by atoms with E-state index in [4.69, 9.17) is 20.3 Å². The first-order valence-electron chi connectivity index (χ1n) is 6.61. The summed E-state index contributed by atoms with van der Waals surface area (Å²) >= 11 is 0. The van der Waals surface area contributed by atoms with Gasteiger partial charge in [0.2, 0.25) is 6.23 Å². The fourth-order valence-corrected chi connectivity index (χ4v) is 3.98. The van der Waals surface area contributed by atoms with Crippen molar-refractivity contribution in [2.24, 2.45) is 0 Å². The van der Waals surface area contributed by atoms with Crippen molar-refractivity contribution in [3.8, 4) is 0 Å². The number of hydrogen-bond acceptors (Lipinski definition) is 8. The van der Waals surface area contributed by atoms with E-state index in [1.54, 1.807) is 0 Å². The lowest BCUT2D eigenvalue weighted by Crippen LogP contribution is -2.42. The van der Waals surface area contributed by atoms with Crippen molar-refractivity contribution in [1.82, 2.24) is 14.4 Å². The highest BCUT2D eigenvalue weighted by atomic mass is 31.3. The van der Waals surface area contributed by atoms with E-state index in [1.807, 2.05) is 0 Å². The summed E-state index contributed by atoms with van der Waals surface area (Å²) in [6, 6.07) is 1.03. The van der Waals surface area contributed by atoms with Crippen LogP contribution in [0.4, 0.5) is 14.6 Å². The van der Waals surface area contributed by atoms with Gasteiger partial charge in [-0.15, -0.1) is 4.86 Å². The number of anilines is 1. The first kappa shape index (κ1) is 21.0. The smallest absolute Gasteiger partial charge is 0.384 e. The Balaban J connectivity index is 2.17. The minimum atomic E-state index is -5.17. The summed E-state index contributed by atoms with van der Waals surface area (Å²) in [5.74, 6) is -4.26. The highest BCUT2D eigenvalue weighted by Crippen LogP contribution is 2.49. The van der Waals surface area contributed by atoms with Gasteiger partial charge in [-0.2, -0.15) is 13.8 Å². The molecule has 1 aliphatic rings. The topological polar surface area (TPSA) is 206 Å². The molecule has 1 aliphatic heterocycles. The molecular weight excluding hydrogens is 408 g/mol. The number of nitrogens with zero attached hydrogens (tertiary/aromatic N) is 2. The number of nitrogens with two attached hydrogens (primary N) is 1. The van der Waals surface area contributed by atoms with Crippen LogP contribution in [0, 0.1) is 0 Å². The van der Waals surface area contributed by atoms with Gasteiger partial charge in [0.25, 0.3) is 0 Å². The zero-order chi connectivity index (χ0) is 19.9. The van der Waals surface area contributed by atoms with Crippen molar-refractivity contribution in [3.05, 3.63) is 22.7 Å². The highest BCUT2D eigenvalue weighted by molar-refractivity contribution is 7.66. The fourth-order valence-electron chi connectivity index (χ4n) is 2.08.